The Morgan fingerprint density at radius 2 is 0.947 bits per heavy atom. The minimum Gasteiger partial charge on any atom is -0.610 e. The second-order valence-corrected chi connectivity index (χ2v) is 3.00. The Balaban J connectivity index is 0.000000324. The van der Waals surface area contributed by atoms with Crippen LogP contribution in [-0.2, 0) is 29.1 Å². The Bertz CT molecular complexity index is 414. The maximum absolute atomic E-state index is 9.63. The normalized spacial score (nSPS) is 8.00. The molecule has 0 aliphatic heterocycles. The Morgan fingerprint density at radius 1 is 0.632 bits per heavy atom. The molecule has 2 aromatic carbocycles. The van der Waals surface area contributed by atoms with Gasteiger partial charge in [-0.15, -0.1) is 24.3 Å². The molecule has 0 aliphatic rings. The van der Waals surface area contributed by atoms with Crippen LogP contribution in [0.2, 0.25) is 0 Å². The molecule has 0 amide bonds. The number of hydrogen-bond donors (Lipinski definition) is 0. The number of hydrogen-bond acceptors (Lipinski definition) is 4. The Morgan fingerprint density at radius 3 is 1.21 bits per heavy atom. The van der Waals surface area contributed by atoms with Gasteiger partial charge in [-0.25, -0.2) is 0 Å². The first-order chi connectivity index (χ1) is 8.86. The largest absolute Gasteiger partial charge is 2.00 e. The predicted molar refractivity (Wildman–Crippen MR) is 65.5 cm³/mol. The summed E-state index contributed by atoms with van der Waals surface area (Å²) in [5, 5.41) is 0. The van der Waals surface area contributed by atoms with E-state index in [9.17, 15) is 9.59 Å². The van der Waals surface area contributed by atoms with Gasteiger partial charge in [-0.3, -0.25) is 0 Å². The topological polar surface area (TPSA) is 52.6 Å². The number of carbonyl (C=O) groups excluding carboxylic acids is 2. The molecule has 0 aliphatic carbocycles. The van der Waals surface area contributed by atoms with Crippen LogP contribution in [0.15, 0.2) is 60.7 Å². The van der Waals surface area contributed by atoms with Crippen LogP contribution in [-0.4, -0.2) is 12.9 Å². The molecule has 0 unspecified atom stereocenters. The van der Waals surface area contributed by atoms with Crippen molar-refractivity contribution < 1.29 is 38.5 Å². The van der Waals surface area contributed by atoms with Crippen LogP contribution in [0, 0.1) is 0 Å². The van der Waals surface area contributed by atoms with Gasteiger partial charge in [0.05, 0.1) is 0 Å². The first-order valence-corrected chi connectivity index (χ1v) is 5.05. The molecule has 0 spiro atoms. The molecule has 2 rings (SSSR count). The van der Waals surface area contributed by atoms with Gasteiger partial charge in [0, 0.05) is 0 Å². The van der Waals surface area contributed by atoms with E-state index in [1.54, 1.807) is 48.5 Å². The van der Waals surface area contributed by atoms with E-state index in [4.69, 9.17) is 0 Å². The van der Waals surface area contributed by atoms with Gasteiger partial charge in [-0.2, -0.15) is 0 Å². The van der Waals surface area contributed by atoms with Crippen molar-refractivity contribution in [2.24, 2.45) is 0 Å². The van der Waals surface area contributed by atoms with Crippen LogP contribution in [0.1, 0.15) is 0 Å². The summed E-state index contributed by atoms with van der Waals surface area (Å²) in [6, 6.07) is 17.6. The van der Waals surface area contributed by atoms with Gasteiger partial charge >= 0.3 is 19.5 Å². The van der Waals surface area contributed by atoms with Crippen LogP contribution in [0.3, 0.4) is 0 Å². The van der Waals surface area contributed by atoms with Crippen LogP contribution in [0.5, 0.6) is 11.5 Å². The monoisotopic (exact) mass is 306 g/mol. The van der Waals surface area contributed by atoms with Crippen molar-refractivity contribution in [2.45, 2.75) is 0 Å². The fourth-order valence-electron chi connectivity index (χ4n) is 1.07. The van der Waals surface area contributed by atoms with Crippen molar-refractivity contribution in [3.05, 3.63) is 60.7 Å². The molecule has 0 saturated heterocycles. The van der Waals surface area contributed by atoms with Gasteiger partial charge in [0.1, 0.15) is 0 Å². The van der Waals surface area contributed by atoms with Crippen molar-refractivity contribution in [1.29, 1.82) is 0 Å². The molecule has 0 heterocycles. The molecule has 0 saturated carbocycles. The van der Waals surface area contributed by atoms with Gasteiger partial charge in [-0.1, -0.05) is 36.4 Å². The molecule has 0 aromatic heterocycles. The average molecular weight is 308 g/mol. The van der Waals surface area contributed by atoms with E-state index in [-0.39, 0.29) is 19.5 Å². The molecule has 2 aromatic rings. The number of benzene rings is 2. The van der Waals surface area contributed by atoms with Crippen molar-refractivity contribution in [3.63, 3.8) is 0 Å². The molecule has 0 fully saturated rings. The summed E-state index contributed by atoms with van der Waals surface area (Å²) in [5.41, 5.74) is 0. The van der Waals surface area contributed by atoms with E-state index < -0.39 is 0 Å². The Kier molecular flexibility index (Phi) is 9.95. The summed E-state index contributed by atoms with van der Waals surface area (Å²) in [6.07, 6.45) is 0. The summed E-state index contributed by atoms with van der Waals surface area (Å²) in [4.78, 5) is 19.3. The van der Waals surface area contributed by atoms with Crippen LogP contribution in [0.25, 0.3) is 0 Å². The van der Waals surface area contributed by atoms with Crippen LogP contribution >= 0.6 is 0 Å². The van der Waals surface area contributed by atoms with E-state index in [2.05, 4.69) is 9.47 Å². The second kappa shape index (κ2) is 11.1. The van der Waals surface area contributed by atoms with Gasteiger partial charge in [0.15, 0.2) is 12.9 Å². The molecule has 4 nitrogen and oxygen atoms in total. The molecule has 0 radical (unpaired) electrons. The Labute approximate surface area is 124 Å². The third-order valence-electron chi connectivity index (χ3n) is 1.81. The van der Waals surface area contributed by atoms with Gasteiger partial charge in [0.2, 0.25) is 0 Å². The number of ether oxygens (including phenoxy) is 2. The molecule has 19 heavy (non-hydrogen) atoms. The number of para-hydroxylation sites is 2. The van der Waals surface area contributed by atoms with Gasteiger partial charge < -0.3 is 19.1 Å². The molecule has 0 bridgehead atoms. The third kappa shape index (κ3) is 7.84. The zero-order chi connectivity index (χ0) is 13.1. The average Bonchev–Trinajstić information content (AvgIpc) is 2.43. The first-order valence-electron chi connectivity index (χ1n) is 5.05. The molecule has 92 valence electrons. The third-order valence-corrected chi connectivity index (χ3v) is 1.81. The van der Waals surface area contributed by atoms with E-state index in [1.165, 1.54) is 12.9 Å². The quantitative estimate of drug-likeness (QED) is 0.642. The van der Waals surface area contributed by atoms with Crippen molar-refractivity contribution >= 4 is 12.9 Å². The minimum atomic E-state index is 0. The van der Waals surface area contributed by atoms with Crippen molar-refractivity contribution in [3.8, 4) is 11.5 Å². The maximum Gasteiger partial charge on any atom is 2.00 e. The summed E-state index contributed by atoms with van der Waals surface area (Å²) in [5.74, 6) is 1.04. The SMILES string of the molecule is O=[C-]Oc1ccccc1.O=[C-]Oc1ccccc1.[Zn+2]. The van der Waals surface area contributed by atoms with E-state index >= 15 is 0 Å². The zero-order valence-electron chi connectivity index (χ0n) is 10.1. The molecular formula is C14H10O4Zn. The van der Waals surface area contributed by atoms with Crippen LogP contribution in [0.4, 0.5) is 0 Å². The molecule has 5 heteroatoms. The van der Waals surface area contributed by atoms with Crippen LogP contribution < -0.4 is 9.47 Å². The fraction of sp³-hybridized carbons (Fsp3) is 0. The molecule has 0 atom stereocenters. The van der Waals surface area contributed by atoms with Gasteiger partial charge in [-0.05, 0) is 11.5 Å². The fourth-order valence-corrected chi connectivity index (χ4v) is 1.07. The standard InChI is InChI=1S/2C7H5O2.Zn/c2*8-6-9-7-4-2-1-3-5-7;/h2*1-5H;/q2*-1;+2. The Hall–Kier alpha value is -2.00. The van der Waals surface area contributed by atoms with E-state index in [0.717, 1.165) is 0 Å². The first kappa shape index (κ1) is 17.0. The summed E-state index contributed by atoms with van der Waals surface area (Å²) in [6.45, 7) is 2.67. The van der Waals surface area contributed by atoms with Crippen molar-refractivity contribution in [2.75, 3.05) is 0 Å². The van der Waals surface area contributed by atoms with E-state index in [0.29, 0.717) is 11.5 Å². The van der Waals surface area contributed by atoms with Gasteiger partial charge in [0.25, 0.3) is 0 Å². The number of rotatable bonds is 4. The molecule has 0 N–H and O–H groups in total. The van der Waals surface area contributed by atoms with Crippen molar-refractivity contribution in [1.82, 2.24) is 0 Å². The summed E-state index contributed by atoms with van der Waals surface area (Å²) in [7, 11) is 0. The minimum absolute atomic E-state index is 0. The smallest absolute Gasteiger partial charge is 0.610 e. The summed E-state index contributed by atoms with van der Waals surface area (Å²) < 4.78 is 8.80. The second-order valence-electron chi connectivity index (χ2n) is 3.00. The van der Waals surface area contributed by atoms with E-state index in [1.807, 2.05) is 12.1 Å². The predicted octanol–water partition coefficient (Wildman–Crippen LogP) is 2.26. The summed E-state index contributed by atoms with van der Waals surface area (Å²) >= 11 is 0. The molecular weight excluding hydrogens is 298 g/mol. The zero-order valence-corrected chi connectivity index (χ0v) is 13.1. The maximum atomic E-state index is 9.63.